The molecular weight excluding hydrogens is 160 g/mol. The monoisotopic (exact) mass is 180 g/mol. The van der Waals surface area contributed by atoms with Crippen molar-refractivity contribution in [2.45, 2.75) is 47.0 Å². The first-order valence-corrected chi connectivity index (χ1v) is 5.02. The minimum Gasteiger partial charge on any atom is -0.469 e. The van der Waals surface area contributed by atoms with Crippen LogP contribution < -0.4 is 0 Å². The van der Waals surface area contributed by atoms with Gasteiger partial charge >= 0.3 is 0 Å². The molecule has 0 saturated heterocycles. The fourth-order valence-corrected chi connectivity index (χ4v) is 1.23. The van der Waals surface area contributed by atoms with E-state index >= 15 is 0 Å². The normalized spacial score (nSPS) is 14.5. The van der Waals surface area contributed by atoms with Gasteiger partial charge in [0.25, 0.3) is 0 Å². The Hall–Kier alpha value is -0.720. The Morgan fingerprint density at radius 2 is 2.00 bits per heavy atom. The van der Waals surface area contributed by atoms with Crippen molar-refractivity contribution in [2.75, 3.05) is 0 Å². The van der Waals surface area contributed by atoms with Crippen molar-refractivity contribution >= 4 is 0 Å². The smallest absolute Gasteiger partial charge is 0.107 e. The molecule has 74 valence electrons. The van der Waals surface area contributed by atoms with E-state index in [4.69, 9.17) is 4.42 Å². The van der Waals surface area contributed by atoms with Crippen molar-refractivity contribution in [1.82, 2.24) is 0 Å². The Balaban J connectivity index is 2.83. The van der Waals surface area contributed by atoms with Gasteiger partial charge in [-0.3, -0.25) is 0 Å². The molecule has 1 aromatic heterocycles. The van der Waals surface area contributed by atoms with Gasteiger partial charge in [-0.2, -0.15) is 0 Å². The predicted octanol–water partition coefficient (Wildman–Crippen LogP) is 3.99. The standard InChI is InChI=1S/C12H20O/c1-6-10-7-11(13-8-10)9(2)12(3,4)5/h7-9H,6H2,1-5H3. The summed E-state index contributed by atoms with van der Waals surface area (Å²) >= 11 is 0. The largest absolute Gasteiger partial charge is 0.469 e. The van der Waals surface area contributed by atoms with E-state index in [9.17, 15) is 0 Å². The van der Waals surface area contributed by atoms with Gasteiger partial charge in [-0.25, -0.2) is 0 Å². The molecule has 1 heteroatoms. The summed E-state index contributed by atoms with van der Waals surface area (Å²) in [4.78, 5) is 0. The second-order valence-corrected chi connectivity index (χ2v) is 4.80. The van der Waals surface area contributed by atoms with Crippen LogP contribution in [0.2, 0.25) is 0 Å². The van der Waals surface area contributed by atoms with E-state index < -0.39 is 0 Å². The molecule has 1 aromatic rings. The predicted molar refractivity (Wildman–Crippen MR) is 56.0 cm³/mol. The van der Waals surface area contributed by atoms with Crippen LogP contribution in [-0.2, 0) is 6.42 Å². The SMILES string of the molecule is CCc1coc(C(C)C(C)(C)C)c1. The lowest BCUT2D eigenvalue weighted by molar-refractivity contribution is 0.296. The van der Waals surface area contributed by atoms with Crippen molar-refractivity contribution in [1.29, 1.82) is 0 Å². The molecule has 0 amide bonds. The molecule has 1 unspecified atom stereocenters. The summed E-state index contributed by atoms with van der Waals surface area (Å²) in [5.41, 5.74) is 1.58. The molecule has 0 N–H and O–H groups in total. The molecule has 0 fully saturated rings. The van der Waals surface area contributed by atoms with Gasteiger partial charge in [0.2, 0.25) is 0 Å². The Morgan fingerprint density at radius 1 is 1.38 bits per heavy atom. The zero-order valence-corrected chi connectivity index (χ0v) is 9.35. The summed E-state index contributed by atoms with van der Waals surface area (Å²) in [6.45, 7) is 11.1. The van der Waals surface area contributed by atoms with E-state index in [1.54, 1.807) is 0 Å². The maximum atomic E-state index is 5.54. The quantitative estimate of drug-likeness (QED) is 0.670. The van der Waals surface area contributed by atoms with E-state index in [1.807, 2.05) is 6.26 Å². The van der Waals surface area contributed by atoms with Crippen LogP contribution in [0.5, 0.6) is 0 Å². The van der Waals surface area contributed by atoms with E-state index in [0.717, 1.165) is 12.2 Å². The van der Waals surface area contributed by atoms with Crippen LogP contribution in [0.25, 0.3) is 0 Å². The third-order valence-corrected chi connectivity index (χ3v) is 2.81. The lowest BCUT2D eigenvalue weighted by Gasteiger charge is -2.25. The summed E-state index contributed by atoms with van der Waals surface area (Å²) in [7, 11) is 0. The molecule has 0 radical (unpaired) electrons. The molecule has 0 spiro atoms. The average molecular weight is 180 g/mol. The van der Waals surface area contributed by atoms with Gasteiger partial charge in [0.05, 0.1) is 6.26 Å². The van der Waals surface area contributed by atoms with Gasteiger partial charge in [0, 0.05) is 5.92 Å². The Kier molecular flexibility index (Phi) is 2.84. The fourth-order valence-electron chi connectivity index (χ4n) is 1.23. The average Bonchev–Trinajstić information content (AvgIpc) is 2.48. The van der Waals surface area contributed by atoms with Crippen molar-refractivity contribution in [3.8, 4) is 0 Å². The van der Waals surface area contributed by atoms with Crippen LogP contribution in [0.1, 0.15) is 51.9 Å². The highest BCUT2D eigenvalue weighted by atomic mass is 16.3. The number of furan rings is 1. The fraction of sp³-hybridized carbons (Fsp3) is 0.667. The topological polar surface area (TPSA) is 13.1 Å². The maximum absolute atomic E-state index is 5.54. The third kappa shape index (κ3) is 2.36. The molecule has 0 bridgehead atoms. The van der Waals surface area contributed by atoms with E-state index in [2.05, 4.69) is 40.7 Å². The molecule has 0 aromatic carbocycles. The molecule has 0 aliphatic carbocycles. The number of rotatable bonds is 2. The van der Waals surface area contributed by atoms with Gasteiger partial charge in [-0.1, -0.05) is 34.6 Å². The van der Waals surface area contributed by atoms with Crippen molar-refractivity contribution in [3.63, 3.8) is 0 Å². The molecule has 0 aliphatic heterocycles. The van der Waals surface area contributed by atoms with Gasteiger partial charge < -0.3 is 4.42 Å². The van der Waals surface area contributed by atoms with Gasteiger partial charge in [-0.05, 0) is 23.5 Å². The number of hydrogen-bond acceptors (Lipinski definition) is 1. The second kappa shape index (κ2) is 3.57. The lowest BCUT2D eigenvalue weighted by Crippen LogP contribution is -2.14. The van der Waals surface area contributed by atoms with Crippen LogP contribution >= 0.6 is 0 Å². The van der Waals surface area contributed by atoms with Gasteiger partial charge in [0.1, 0.15) is 5.76 Å². The van der Waals surface area contributed by atoms with E-state index in [1.165, 1.54) is 5.56 Å². The minimum atomic E-state index is 0.281. The van der Waals surface area contributed by atoms with Crippen LogP contribution in [0, 0.1) is 5.41 Å². The molecule has 0 saturated carbocycles. The van der Waals surface area contributed by atoms with E-state index in [0.29, 0.717) is 5.92 Å². The van der Waals surface area contributed by atoms with Crippen molar-refractivity contribution in [2.24, 2.45) is 5.41 Å². The first kappa shape index (κ1) is 10.4. The maximum Gasteiger partial charge on any atom is 0.107 e. The van der Waals surface area contributed by atoms with Crippen LogP contribution in [0.15, 0.2) is 16.7 Å². The zero-order valence-electron chi connectivity index (χ0n) is 9.35. The minimum absolute atomic E-state index is 0.281. The summed E-state index contributed by atoms with van der Waals surface area (Å²) in [6.07, 6.45) is 2.93. The van der Waals surface area contributed by atoms with E-state index in [-0.39, 0.29) is 5.41 Å². The second-order valence-electron chi connectivity index (χ2n) is 4.80. The number of aryl methyl sites for hydroxylation is 1. The van der Waals surface area contributed by atoms with Crippen LogP contribution in [0.4, 0.5) is 0 Å². The number of hydrogen-bond donors (Lipinski definition) is 0. The molecular formula is C12H20O. The molecule has 1 nitrogen and oxygen atoms in total. The molecule has 1 heterocycles. The highest BCUT2D eigenvalue weighted by Crippen LogP contribution is 2.35. The Bertz CT molecular complexity index is 265. The van der Waals surface area contributed by atoms with Crippen LogP contribution in [-0.4, -0.2) is 0 Å². The highest BCUT2D eigenvalue weighted by molar-refractivity contribution is 5.16. The molecule has 1 atom stereocenters. The molecule has 0 aliphatic rings. The van der Waals surface area contributed by atoms with Crippen LogP contribution in [0.3, 0.4) is 0 Å². The zero-order chi connectivity index (χ0) is 10.1. The summed E-state index contributed by atoms with van der Waals surface area (Å²) < 4.78 is 5.54. The summed E-state index contributed by atoms with van der Waals surface area (Å²) in [5, 5.41) is 0. The Morgan fingerprint density at radius 3 is 2.38 bits per heavy atom. The van der Waals surface area contributed by atoms with Crippen molar-refractivity contribution < 1.29 is 4.42 Å². The first-order valence-electron chi connectivity index (χ1n) is 5.02. The first-order chi connectivity index (χ1) is 5.95. The highest BCUT2D eigenvalue weighted by Gasteiger charge is 2.24. The lowest BCUT2D eigenvalue weighted by atomic mass is 9.80. The summed E-state index contributed by atoms with van der Waals surface area (Å²) in [5.74, 6) is 1.59. The molecule has 13 heavy (non-hydrogen) atoms. The van der Waals surface area contributed by atoms with Gasteiger partial charge in [-0.15, -0.1) is 0 Å². The molecule has 1 rings (SSSR count). The summed E-state index contributed by atoms with van der Waals surface area (Å²) in [6, 6.07) is 2.18. The van der Waals surface area contributed by atoms with Gasteiger partial charge in [0.15, 0.2) is 0 Å². The third-order valence-electron chi connectivity index (χ3n) is 2.81. The Labute approximate surface area is 81.1 Å². The van der Waals surface area contributed by atoms with Crippen molar-refractivity contribution in [3.05, 3.63) is 23.7 Å².